The van der Waals surface area contributed by atoms with Gasteiger partial charge >= 0.3 is 0 Å². The fourth-order valence-electron chi connectivity index (χ4n) is 3.77. The Morgan fingerprint density at radius 2 is 1.93 bits per heavy atom. The van der Waals surface area contributed by atoms with Crippen LogP contribution in [0, 0.1) is 5.92 Å². The Hall–Kier alpha value is -1.92. The van der Waals surface area contributed by atoms with Gasteiger partial charge in [-0.25, -0.2) is 0 Å². The minimum atomic E-state index is -0.0816. The van der Waals surface area contributed by atoms with Crippen LogP contribution in [0.1, 0.15) is 24.8 Å². The van der Waals surface area contributed by atoms with Gasteiger partial charge in [0.05, 0.1) is 19.1 Å². The van der Waals surface area contributed by atoms with Crippen LogP contribution in [-0.2, 0) is 20.7 Å². The molecule has 0 aromatic heterocycles. The van der Waals surface area contributed by atoms with Crippen molar-refractivity contribution < 1.29 is 14.3 Å². The van der Waals surface area contributed by atoms with Gasteiger partial charge in [0.15, 0.2) is 0 Å². The molecule has 27 heavy (non-hydrogen) atoms. The molecule has 148 valence electrons. The van der Waals surface area contributed by atoms with Crippen molar-refractivity contribution in [2.45, 2.75) is 25.7 Å². The zero-order valence-corrected chi connectivity index (χ0v) is 16.1. The molecule has 2 heterocycles. The van der Waals surface area contributed by atoms with Gasteiger partial charge in [0.25, 0.3) is 0 Å². The molecule has 1 aromatic carbocycles. The standard InChI is InChI=1S/C21H31N3O3/c25-20-8-7-19(21(26)22-10-9-18-5-2-1-3-6-18)17-24(20)12-4-11-23-13-15-27-16-14-23/h1-3,5-6,19H,4,7-17H2,(H,22,26). The predicted molar refractivity (Wildman–Crippen MR) is 104 cm³/mol. The Balaban J connectivity index is 1.37. The largest absolute Gasteiger partial charge is 0.379 e. The number of piperidine rings is 1. The fourth-order valence-corrected chi connectivity index (χ4v) is 3.77. The van der Waals surface area contributed by atoms with Crippen molar-refractivity contribution in [3.8, 4) is 0 Å². The van der Waals surface area contributed by atoms with Crippen LogP contribution >= 0.6 is 0 Å². The third kappa shape index (κ3) is 6.33. The Morgan fingerprint density at radius 1 is 1.15 bits per heavy atom. The maximum Gasteiger partial charge on any atom is 0.224 e. The van der Waals surface area contributed by atoms with Crippen molar-refractivity contribution in [1.82, 2.24) is 15.1 Å². The van der Waals surface area contributed by atoms with E-state index in [-0.39, 0.29) is 17.7 Å². The molecule has 3 rings (SSSR count). The van der Waals surface area contributed by atoms with E-state index in [2.05, 4.69) is 22.3 Å². The molecule has 6 heteroatoms. The average Bonchev–Trinajstić information content (AvgIpc) is 2.71. The summed E-state index contributed by atoms with van der Waals surface area (Å²) in [4.78, 5) is 29.0. The molecule has 0 spiro atoms. The summed E-state index contributed by atoms with van der Waals surface area (Å²) in [7, 11) is 0. The first-order valence-corrected chi connectivity index (χ1v) is 10.1. The van der Waals surface area contributed by atoms with Gasteiger partial charge in [-0.3, -0.25) is 14.5 Å². The van der Waals surface area contributed by atoms with Gasteiger partial charge in [0, 0.05) is 45.7 Å². The molecular weight excluding hydrogens is 342 g/mol. The number of hydrogen-bond acceptors (Lipinski definition) is 4. The number of amides is 2. The normalized spacial score (nSPS) is 21.3. The average molecular weight is 373 g/mol. The molecule has 1 N–H and O–H groups in total. The number of nitrogens with zero attached hydrogens (tertiary/aromatic N) is 2. The second-order valence-corrected chi connectivity index (χ2v) is 7.41. The highest BCUT2D eigenvalue weighted by atomic mass is 16.5. The molecule has 0 aliphatic carbocycles. The van der Waals surface area contributed by atoms with E-state index in [9.17, 15) is 9.59 Å². The molecule has 0 saturated carbocycles. The third-order valence-electron chi connectivity index (χ3n) is 5.43. The van der Waals surface area contributed by atoms with Gasteiger partial charge in [-0.15, -0.1) is 0 Å². The Morgan fingerprint density at radius 3 is 2.70 bits per heavy atom. The molecule has 2 aliphatic rings. The van der Waals surface area contributed by atoms with E-state index < -0.39 is 0 Å². The van der Waals surface area contributed by atoms with Crippen LogP contribution < -0.4 is 5.32 Å². The number of hydrogen-bond donors (Lipinski definition) is 1. The fraction of sp³-hybridized carbons (Fsp3) is 0.619. The van der Waals surface area contributed by atoms with Crippen molar-refractivity contribution in [3.05, 3.63) is 35.9 Å². The molecule has 0 bridgehead atoms. The molecular formula is C21H31N3O3. The van der Waals surface area contributed by atoms with Gasteiger partial charge in [-0.05, 0) is 24.8 Å². The number of carbonyl (C=O) groups is 2. The van der Waals surface area contributed by atoms with Crippen molar-refractivity contribution >= 4 is 11.8 Å². The zero-order valence-electron chi connectivity index (χ0n) is 16.1. The van der Waals surface area contributed by atoms with Gasteiger partial charge in [-0.2, -0.15) is 0 Å². The predicted octanol–water partition coefficient (Wildman–Crippen LogP) is 1.31. The SMILES string of the molecule is O=C(NCCc1ccccc1)C1CCC(=O)N(CCCN2CCOCC2)C1. The topological polar surface area (TPSA) is 61.9 Å². The summed E-state index contributed by atoms with van der Waals surface area (Å²) in [5.74, 6) is 0.184. The smallest absolute Gasteiger partial charge is 0.224 e. The number of carbonyl (C=O) groups excluding carboxylic acids is 2. The molecule has 6 nitrogen and oxygen atoms in total. The molecule has 2 fully saturated rings. The second kappa shape index (κ2) is 10.4. The minimum Gasteiger partial charge on any atom is -0.379 e. The maximum absolute atomic E-state index is 12.5. The molecule has 1 atom stereocenters. The number of rotatable bonds is 8. The van der Waals surface area contributed by atoms with Crippen LogP contribution in [0.2, 0.25) is 0 Å². The second-order valence-electron chi connectivity index (χ2n) is 7.41. The van der Waals surface area contributed by atoms with Crippen molar-refractivity contribution in [2.24, 2.45) is 5.92 Å². The molecule has 2 saturated heterocycles. The Labute approximate surface area is 161 Å². The lowest BCUT2D eigenvalue weighted by Gasteiger charge is -2.33. The lowest BCUT2D eigenvalue weighted by molar-refractivity contribution is -0.138. The zero-order chi connectivity index (χ0) is 18.9. The van der Waals surface area contributed by atoms with Crippen LogP contribution in [-0.4, -0.2) is 74.1 Å². The van der Waals surface area contributed by atoms with Crippen LogP contribution in [0.5, 0.6) is 0 Å². The first-order valence-electron chi connectivity index (χ1n) is 10.1. The van der Waals surface area contributed by atoms with Gasteiger partial charge < -0.3 is 15.0 Å². The lowest BCUT2D eigenvalue weighted by Crippen LogP contribution is -2.47. The van der Waals surface area contributed by atoms with E-state index in [4.69, 9.17) is 4.74 Å². The van der Waals surface area contributed by atoms with Crippen LogP contribution in [0.25, 0.3) is 0 Å². The Kier molecular flexibility index (Phi) is 7.66. The summed E-state index contributed by atoms with van der Waals surface area (Å²) in [6, 6.07) is 10.2. The van der Waals surface area contributed by atoms with E-state index in [0.717, 1.165) is 52.2 Å². The van der Waals surface area contributed by atoms with Crippen LogP contribution in [0.15, 0.2) is 30.3 Å². The molecule has 2 aliphatic heterocycles. The minimum absolute atomic E-state index is 0.0802. The number of benzene rings is 1. The lowest BCUT2D eigenvalue weighted by atomic mass is 9.96. The van der Waals surface area contributed by atoms with Crippen molar-refractivity contribution in [2.75, 3.05) is 52.5 Å². The van der Waals surface area contributed by atoms with E-state index in [0.29, 0.717) is 25.9 Å². The first kappa shape index (κ1) is 19.8. The molecule has 0 radical (unpaired) electrons. The maximum atomic E-state index is 12.5. The highest BCUT2D eigenvalue weighted by Gasteiger charge is 2.29. The van der Waals surface area contributed by atoms with Crippen LogP contribution in [0.3, 0.4) is 0 Å². The summed E-state index contributed by atoms with van der Waals surface area (Å²) >= 11 is 0. The van der Waals surface area contributed by atoms with Gasteiger partial charge in [-0.1, -0.05) is 30.3 Å². The number of nitrogens with one attached hydrogen (secondary N) is 1. The summed E-state index contributed by atoms with van der Waals surface area (Å²) in [5, 5.41) is 3.05. The van der Waals surface area contributed by atoms with Gasteiger partial charge in [0.1, 0.15) is 0 Å². The summed E-state index contributed by atoms with van der Waals surface area (Å²) < 4.78 is 5.36. The summed E-state index contributed by atoms with van der Waals surface area (Å²) in [5.41, 5.74) is 1.22. The highest BCUT2D eigenvalue weighted by molar-refractivity contribution is 5.83. The van der Waals surface area contributed by atoms with Crippen LogP contribution in [0.4, 0.5) is 0 Å². The van der Waals surface area contributed by atoms with E-state index in [1.165, 1.54) is 5.56 Å². The third-order valence-corrected chi connectivity index (χ3v) is 5.43. The summed E-state index contributed by atoms with van der Waals surface area (Å²) in [6.45, 7) is 6.47. The first-order chi connectivity index (χ1) is 13.2. The van der Waals surface area contributed by atoms with Gasteiger partial charge in [0.2, 0.25) is 11.8 Å². The molecule has 1 aromatic rings. The van der Waals surface area contributed by atoms with E-state index >= 15 is 0 Å². The summed E-state index contributed by atoms with van der Waals surface area (Å²) in [6.07, 6.45) is 2.93. The molecule has 1 unspecified atom stereocenters. The number of morpholine rings is 1. The number of likely N-dealkylation sites (tertiary alicyclic amines) is 1. The van der Waals surface area contributed by atoms with E-state index in [1.807, 2.05) is 23.1 Å². The Bertz CT molecular complexity index is 602. The molecule has 2 amide bonds. The van der Waals surface area contributed by atoms with Crippen molar-refractivity contribution in [1.29, 1.82) is 0 Å². The monoisotopic (exact) mass is 373 g/mol. The van der Waals surface area contributed by atoms with Crippen molar-refractivity contribution in [3.63, 3.8) is 0 Å². The highest BCUT2D eigenvalue weighted by Crippen LogP contribution is 2.18. The quantitative estimate of drug-likeness (QED) is 0.746. The number of ether oxygens (including phenoxy) is 1. The van der Waals surface area contributed by atoms with E-state index in [1.54, 1.807) is 0 Å².